The van der Waals surface area contributed by atoms with Gasteiger partial charge in [-0.25, -0.2) is 0 Å². The first-order chi connectivity index (χ1) is 8.06. The average molecular weight is 230 g/mol. The van der Waals surface area contributed by atoms with Gasteiger partial charge in [-0.2, -0.15) is 0 Å². The highest BCUT2D eigenvalue weighted by molar-refractivity contribution is 5.59. The van der Waals surface area contributed by atoms with Gasteiger partial charge in [-0.05, 0) is 50.1 Å². The Hall–Kier alpha value is -1.54. The number of aryl methyl sites for hydroxylation is 2. The monoisotopic (exact) mass is 230 g/mol. The molecule has 1 atom stereocenters. The van der Waals surface area contributed by atoms with Crippen molar-refractivity contribution in [1.82, 2.24) is 0 Å². The third kappa shape index (κ3) is 2.77. The fourth-order valence-electron chi connectivity index (χ4n) is 1.83. The van der Waals surface area contributed by atoms with Crippen molar-refractivity contribution in [3.63, 3.8) is 0 Å². The molecule has 1 unspecified atom stereocenters. The smallest absolute Gasteiger partial charge is 0.134 e. The van der Waals surface area contributed by atoms with Crippen LogP contribution in [0.2, 0.25) is 0 Å². The maximum Gasteiger partial charge on any atom is 0.134 e. The van der Waals surface area contributed by atoms with Gasteiger partial charge in [0.15, 0.2) is 0 Å². The van der Waals surface area contributed by atoms with Crippen LogP contribution in [-0.2, 0) is 6.42 Å². The molecule has 2 aromatic rings. The predicted octanol–water partition coefficient (Wildman–Crippen LogP) is 3.49. The van der Waals surface area contributed by atoms with Crippen LogP contribution in [0, 0.1) is 13.8 Å². The summed E-state index contributed by atoms with van der Waals surface area (Å²) in [6.07, 6.45) is 0.193. The van der Waals surface area contributed by atoms with Gasteiger partial charge in [0, 0.05) is 12.0 Å². The van der Waals surface area contributed by atoms with E-state index in [1.165, 1.54) is 11.1 Å². The Morgan fingerprint density at radius 2 is 1.88 bits per heavy atom. The molecular weight excluding hydrogens is 212 g/mol. The second kappa shape index (κ2) is 4.76. The quantitative estimate of drug-likeness (QED) is 0.875. The molecule has 2 nitrogen and oxygen atoms in total. The molecule has 0 spiro atoms. The molecular formula is C15H18O2. The van der Waals surface area contributed by atoms with Crippen molar-refractivity contribution in [1.29, 1.82) is 0 Å². The van der Waals surface area contributed by atoms with Gasteiger partial charge in [-0.3, -0.25) is 0 Å². The van der Waals surface area contributed by atoms with E-state index in [9.17, 15) is 5.11 Å². The van der Waals surface area contributed by atoms with Crippen LogP contribution in [-0.4, -0.2) is 11.2 Å². The van der Waals surface area contributed by atoms with Crippen molar-refractivity contribution < 1.29 is 9.52 Å². The Morgan fingerprint density at radius 1 is 1.12 bits per heavy atom. The van der Waals surface area contributed by atoms with Crippen LogP contribution in [0.4, 0.5) is 0 Å². The normalized spacial score (nSPS) is 12.7. The van der Waals surface area contributed by atoms with Crippen molar-refractivity contribution in [2.24, 2.45) is 0 Å². The minimum atomic E-state index is -0.367. The van der Waals surface area contributed by atoms with Crippen molar-refractivity contribution in [3.05, 3.63) is 47.2 Å². The highest BCUT2D eigenvalue weighted by atomic mass is 16.3. The number of aliphatic hydroxyl groups is 1. The molecule has 1 heterocycles. The average Bonchev–Trinajstić information content (AvgIpc) is 2.69. The maximum absolute atomic E-state index is 9.31. The zero-order valence-corrected chi connectivity index (χ0v) is 10.5. The number of benzene rings is 1. The van der Waals surface area contributed by atoms with E-state index in [0.29, 0.717) is 6.42 Å². The molecule has 0 saturated carbocycles. The van der Waals surface area contributed by atoms with Crippen LogP contribution in [0.25, 0.3) is 11.3 Å². The zero-order valence-electron chi connectivity index (χ0n) is 10.5. The van der Waals surface area contributed by atoms with Gasteiger partial charge in [-0.15, -0.1) is 0 Å². The Kier molecular flexibility index (Phi) is 3.34. The highest BCUT2D eigenvalue weighted by Gasteiger charge is 2.07. The lowest BCUT2D eigenvalue weighted by atomic mass is 10.1. The molecule has 17 heavy (non-hydrogen) atoms. The van der Waals surface area contributed by atoms with Crippen LogP contribution < -0.4 is 0 Å². The number of aliphatic hydroxyl groups excluding tert-OH is 1. The third-order valence-corrected chi connectivity index (χ3v) is 2.95. The van der Waals surface area contributed by atoms with Crippen LogP contribution in [0.15, 0.2) is 34.7 Å². The summed E-state index contributed by atoms with van der Waals surface area (Å²) in [6.45, 7) is 5.96. The Morgan fingerprint density at radius 3 is 2.53 bits per heavy atom. The van der Waals surface area contributed by atoms with Gasteiger partial charge < -0.3 is 9.52 Å². The molecule has 0 saturated heterocycles. The van der Waals surface area contributed by atoms with E-state index in [1.807, 2.05) is 12.1 Å². The third-order valence-electron chi connectivity index (χ3n) is 2.95. The summed E-state index contributed by atoms with van der Waals surface area (Å²) in [5.41, 5.74) is 3.63. The highest BCUT2D eigenvalue weighted by Crippen LogP contribution is 2.24. The summed E-state index contributed by atoms with van der Waals surface area (Å²) in [7, 11) is 0. The minimum Gasteiger partial charge on any atom is -0.461 e. The van der Waals surface area contributed by atoms with Gasteiger partial charge in [0.1, 0.15) is 11.5 Å². The molecule has 1 aromatic carbocycles. The van der Waals surface area contributed by atoms with E-state index in [-0.39, 0.29) is 6.10 Å². The number of hydrogen-bond acceptors (Lipinski definition) is 2. The molecule has 0 aliphatic carbocycles. The first-order valence-electron chi connectivity index (χ1n) is 5.90. The molecule has 0 aliphatic heterocycles. The van der Waals surface area contributed by atoms with Crippen molar-refractivity contribution in [3.8, 4) is 11.3 Å². The van der Waals surface area contributed by atoms with Gasteiger partial charge in [0.25, 0.3) is 0 Å². The Labute approximate surface area is 102 Å². The summed E-state index contributed by atoms with van der Waals surface area (Å²) in [6, 6.07) is 10.2. The Bertz CT molecular complexity index is 509. The van der Waals surface area contributed by atoms with Crippen LogP contribution in [0.5, 0.6) is 0 Å². The molecule has 1 N–H and O–H groups in total. The lowest BCUT2D eigenvalue weighted by Crippen LogP contribution is -2.02. The Balaban J connectivity index is 2.27. The van der Waals surface area contributed by atoms with Crippen molar-refractivity contribution in [2.45, 2.75) is 33.3 Å². The minimum absolute atomic E-state index is 0.367. The van der Waals surface area contributed by atoms with Crippen molar-refractivity contribution in [2.75, 3.05) is 0 Å². The summed E-state index contributed by atoms with van der Waals surface area (Å²) in [5, 5.41) is 9.31. The van der Waals surface area contributed by atoms with Crippen LogP contribution in [0.3, 0.4) is 0 Å². The number of furan rings is 1. The molecule has 1 aromatic heterocycles. The van der Waals surface area contributed by atoms with E-state index in [4.69, 9.17) is 4.42 Å². The standard InChI is InChI=1S/C15H18O2/c1-10-4-5-13(8-11(10)2)15-7-6-14(17-15)9-12(3)16/h4-8,12,16H,9H2,1-3H3. The van der Waals surface area contributed by atoms with Crippen LogP contribution >= 0.6 is 0 Å². The molecule has 0 amide bonds. The lowest BCUT2D eigenvalue weighted by Gasteiger charge is -2.03. The summed E-state index contributed by atoms with van der Waals surface area (Å²) in [4.78, 5) is 0. The molecule has 0 fully saturated rings. The van der Waals surface area contributed by atoms with Gasteiger partial charge in [0.05, 0.1) is 6.10 Å². The zero-order chi connectivity index (χ0) is 12.4. The van der Waals surface area contributed by atoms with E-state index < -0.39 is 0 Å². The van der Waals surface area contributed by atoms with Gasteiger partial charge in [-0.1, -0.05) is 12.1 Å². The van der Waals surface area contributed by atoms with Gasteiger partial charge >= 0.3 is 0 Å². The summed E-state index contributed by atoms with van der Waals surface area (Å²) >= 11 is 0. The molecule has 0 bridgehead atoms. The second-order valence-corrected chi connectivity index (χ2v) is 4.62. The van der Waals surface area contributed by atoms with Crippen molar-refractivity contribution >= 4 is 0 Å². The molecule has 0 aliphatic rings. The SMILES string of the molecule is Cc1ccc(-c2ccc(CC(C)O)o2)cc1C. The second-order valence-electron chi connectivity index (χ2n) is 4.62. The largest absolute Gasteiger partial charge is 0.461 e. The first kappa shape index (κ1) is 11.9. The summed E-state index contributed by atoms with van der Waals surface area (Å²) < 4.78 is 5.72. The molecule has 0 radical (unpaired) electrons. The van der Waals surface area contributed by atoms with Gasteiger partial charge in [0.2, 0.25) is 0 Å². The van der Waals surface area contributed by atoms with E-state index in [1.54, 1.807) is 6.92 Å². The lowest BCUT2D eigenvalue weighted by molar-refractivity contribution is 0.187. The van der Waals surface area contributed by atoms with E-state index >= 15 is 0 Å². The molecule has 2 rings (SSSR count). The van der Waals surface area contributed by atoms with E-state index in [0.717, 1.165) is 17.1 Å². The number of hydrogen-bond donors (Lipinski definition) is 1. The topological polar surface area (TPSA) is 33.4 Å². The molecule has 2 heteroatoms. The predicted molar refractivity (Wildman–Crippen MR) is 69.0 cm³/mol. The number of rotatable bonds is 3. The summed E-state index contributed by atoms with van der Waals surface area (Å²) in [5.74, 6) is 1.69. The molecule has 90 valence electrons. The van der Waals surface area contributed by atoms with Crippen LogP contribution in [0.1, 0.15) is 23.8 Å². The fraction of sp³-hybridized carbons (Fsp3) is 0.333. The van der Waals surface area contributed by atoms with E-state index in [2.05, 4.69) is 32.0 Å². The fourth-order valence-corrected chi connectivity index (χ4v) is 1.83. The maximum atomic E-state index is 9.31. The first-order valence-corrected chi connectivity index (χ1v) is 5.90.